The first kappa shape index (κ1) is 15.8. The van der Waals surface area contributed by atoms with Crippen molar-refractivity contribution in [2.75, 3.05) is 19.6 Å². The lowest BCUT2D eigenvalue weighted by molar-refractivity contribution is 0.0665. The molecule has 1 aliphatic carbocycles. The molecule has 1 saturated heterocycles. The van der Waals surface area contributed by atoms with Gasteiger partial charge in [-0.05, 0) is 64.5 Å². The molecule has 1 saturated carbocycles. The number of nitriles is 1. The molecule has 1 aliphatic heterocycles. The molecular weight excluding hydrogens is 246 g/mol. The molecule has 3 heteroatoms. The highest BCUT2D eigenvalue weighted by molar-refractivity contribution is 4.93. The van der Waals surface area contributed by atoms with Crippen LogP contribution in [0.3, 0.4) is 0 Å². The lowest BCUT2D eigenvalue weighted by atomic mass is 9.68. The third-order valence-corrected chi connectivity index (χ3v) is 5.26. The number of nitrogens with zero attached hydrogens (tertiary/aromatic N) is 2. The number of nitrogens with one attached hydrogen (secondary N) is 1. The molecule has 2 fully saturated rings. The average Bonchev–Trinajstić information content (AvgIpc) is 2.46. The van der Waals surface area contributed by atoms with Crippen LogP contribution in [-0.4, -0.2) is 36.6 Å². The molecule has 0 aromatic rings. The van der Waals surface area contributed by atoms with E-state index in [1.165, 1.54) is 58.0 Å². The second-order valence-corrected chi connectivity index (χ2v) is 7.19. The van der Waals surface area contributed by atoms with E-state index in [4.69, 9.17) is 0 Å². The van der Waals surface area contributed by atoms with Gasteiger partial charge in [-0.3, -0.25) is 5.32 Å². The van der Waals surface area contributed by atoms with Gasteiger partial charge in [-0.25, -0.2) is 0 Å². The maximum atomic E-state index is 9.17. The van der Waals surface area contributed by atoms with Crippen LogP contribution in [0.5, 0.6) is 0 Å². The van der Waals surface area contributed by atoms with E-state index in [2.05, 4.69) is 30.1 Å². The lowest BCUT2D eigenvalue weighted by Crippen LogP contribution is -2.43. The van der Waals surface area contributed by atoms with Crippen molar-refractivity contribution < 1.29 is 0 Å². The van der Waals surface area contributed by atoms with Crippen molar-refractivity contribution in [3.63, 3.8) is 0 Å². The monoisotopic (exact) mass is 277 g/mol. The van der Waals surface area contributed by atoms with Gasteiger partial charge >= 0.3 is 0 Å². The zero-order valence-corrected chi connectivity index (χ0v) is 13.3. The molecular formula is C17H31N3. The highest BCUT2D eigenvalue weighted by Gasteiger charge is 2.35. The summed E-state index contributed by atoms with van der Waals surface area (Å²) in [6.45, 7) is 7.80. The largest absolute Gasteiger partial charge is 0.303 e. The fourth-order valence-corrected chi connectivity index (χ4v) is 3.95. The molecule has 114 valence electrons. The van der Waals surface area contributed by atoms with E-state index >= 15 is 0 Å². The molecule has 2 rings (SSSR count). The van der Waals surface area contributed by atoms with Crippen molar-refractivity contribution in [1.29, 1.82) is 5.26 Å². The number of likely N-dealkylation sites (tertiary alicyclic amines) is 1. The van der Waals surface area contributed by atoms with Crippen molar-refractivity contribution in [2.45, 2.75) is 77.3 Å². The standard InChI is InChI=1S/C17H31N3/c1-15(2)19-16(14-18)6-11-20-12-9-17(10-13-20)7-4-3-5-8-17/h15-16,19H,3-13H2,1-2H3. The van der Waals surface area contributed by atoms with E-state index in [1.54, 1.807) is 0 Å². The van der Waals surface area contributed by atoms with Crippen LogP contribution < -0.4 is 5.32 Å². The Morgan fingerprint density at radius 1 is 1.10 bits per heavy atom. The summed E-state index contributed by atoms with van der Waals surface area (Å²) < 4.78 is 0. The number of piperidine rings is 1. The van der Waals surface area contributed by atoms with Crippen LogP contribution in [0.15, 0.2) is 0 Å². The molecule has 0 radical (unpaired) electrons. The molecule has 0 bridgehead atoms. The summed E-state index contributed by atoms with van der Waals surface area (Å²) in [4.78, 5) is 2.58. The first-order valence-corrected chi connectivity index (χ1v) is 8.52. The van der Waals surface area contributed by atoms with Crippen molar-refractivity contribution >= 4 is 0 Å². The zero-order valence-electron chi connectivity index (χ0n) is 13.3. The molecule has 0 aromatic heterocycles. The molecule has 3 nitrogen and oxygen atoms in total. The van der Waals surface area contributed by atoms with Crippen LogP contribution >= 0.6 is 0 Å². The second-order valence-electron chi connectivity index (χ2n) is 7.19. The van der Waals surface area contributed by atoms with Crippen molar-refractivity contribution in [3.8, 4) is 6.07 Å². The molecule has 1 unspecified atom stereocenters. The van der Waals surface area contributed by atoms with Gasteiger partial charge in [0.1, 0.15) is 0 Å². The summed E-state index contributed by atoms with van der Waals surface area (Å²) in [6, 6.07) is 2.80. The fourth-order valence-electron chi connectivity index (χ4n) is 3.95. The van der Waals surface area contributed by atoms with Crippen molar-refractivity contribution in [1.82, 2.24) is 10.2 Å². The van der Waals surface area contributed by atoms with Crippen molar-refractivity contribution in [2.24, 2.45) is 5.41 Å². The van der Waals surface area contributed by atoms with Gasteiger partial charge in [-0.1, -0.05) is 19.3 Å². The van der Waals surface area contributed by atoms with Crippen LogP contribution in [0.25, 0.3) is 0 Å². The van der Waals surface area contributed by atoms with Gasteiger partial charge in [0.25, 0.3) is 0 Å². The second kappa shape index (κ2) is 7.43. The lowest BCUT2D eigenvalue weighted by Gasteiger charge is -2.44. The van der Waals surface area contributed by atoms with Gasteiger partial charge in [-0.2, -0.15) is 5.26 Å². The minimum atomic E-state index is 0.0144. The maximum absolute atomic E-state index is 9.17. The minimum absolute atomic E-state index is 0.0144. The third kappa shape index (κ3) is 4.46. The number of hydrogen-bond acceptors (Lipinski definition) is 3. The molecule has 0 amide bonds. The smallest absolute Gasteiger partial charge is 0.0967 e. The normalized spacial score (nSPS) is 24.7. The summed E-state index contributed by atoms with van der Waals surface area (Å²) in [5.41, 5.74) is 0.694. The van der Waals surface area contributed by atoms with Crippen molar-refractivity contribution in [3.05, 3.63) is 0 Å². The Morgan fingerprint density at radius 3 is 2.30 bits per heavy atom. The van der Waals surface area contributed by atoms with Crippen LogP contribution in [0.2, 0.25) is 0 Å². The maximum Gasteiger partial charge on any atom is 0.0967 e. The Kier molecular flexibility index (Phi) is 5.86. The predicted octanol–water partition coefficient (Wildman–Crippen LogP) is 3.31. The molecule has 2 aliphatic rings. The molecule has 1 N–H and O–H groups in total. The van der Waals surface area contributed by atoms with Gasteiger partial charge in [0.15, 0.2) is 0 Å². The van der Waals surface area contributed by atoms with E-state index in [-0.39, 0.29) is 6.04 Å². The quantitative estimate of drug-likeness (QED) is 0.838. The van der Waals surface area contributed by atoms with Crippen LogP contribution in [-0.2, 0) is 0 Å². The Morgan fingerprint density at radius 2 is 1.75 bits per heavy atom. The first-order valence-electron chi connectivity index (χ1n) is 8.52. The molecule has 20 heavy (non-hydrogen) atoms. The zero-order chi connectivity index (χ0) is 14.4. The highest BCUT2D eigenvalue weighted by atomic mass is 15.1. The van der Waals surface area contributed by atoms with E-state index in [1.807, 2.05) is 0 Å². The molecule has 0 aromatic carbocycles. The summed E-state index contributed by atoms with van der Waals surface area (Å²) >= 11 is 0. The minimum Gasteiger partial charge on any atom is -0.303 e. The van der Waals surface area contributed by atoms with E-state index in [0.717, 1.165) is 13.0 Å². The Labute approximate surface area is 124 Å². The SMILES string of the molecule is CC(C)NC(C#N)CCN1CCC2(CCCCC2)CC1. The average molecular weight is 277 g/mol. The number of rotatable bonds is 5. The summed E-state index contributed by atoms with van der Waals surface area (Å²) in [5, 5.41) is 12.5. The molecule has 1 heterocycles. The van der Waals surface area contributed by atoms with Gasteiger partial charge in [-0.15, -0.1) is 0 Å². The predicted molar refractivity (Wildman–Crippen MR) is 83.5 cm³/mol. The van der Waals surface area contributed by atoms with E-state index in [0.29, 0.717) is 11.5 Å². The summed E-state index contributed by atoms with van der Waals surface area (Å²) in [6.07, 6.45) is 11.0. The van der Waals surface area contributed by atoms with Gasteiger partial charge < -0.3 is 4.90 Å². The van der Waals surface area contributed by atoms with Crippen LogP contribution in [0.4, 0.5) is 0 Å². The fraction of sp³-hybridized carbons (Fsp3) is 0.941. The summed E-state index contributed by atoms with van der Waals surface area (Å²) in [7, 11) is 0. The molecule has 1 atom stereocenters. The van der Waals surface area contributed by atoms with E-state index in [9.17, 15) is 5.26 Å². The Bertz CT molecular complexity index is 316. The van der Waals surface area contributed by atoms with Gasteiger partial charge in [0.05, 0.1) is 12.1 Å². The number of hydrogen-bond donors (Lipinski definition) is 1. The highest BCUT2D eigenvalue weighted by Crippen LogP contribution is 2.44. The van der Waals surface area contributed by atoms with E-state index < -0.39 is 0 Å². The topological polar surface area (TPSA) is 39.1 Å². The Hall–Kier alpha value is -0.590. The Balaban J connectivity index is 1.70. The molecule has 1 spiro atoms. The van der Waals surface area contributed by atoms with Gasteiger partial charge in [0, 0.05) is 12.6 Å². The summed E-state index contributed by atoms with van der Waals surface area (Å²) in [5.74, 6) is 0. The van der Waals surface area contributed by atoms with Gasteiger partial charge in [0.2, 0.25) is 0 Å². The van der Waals surface area contributed by atoms with Crippen LogP contribution in [0.1, 0.15) is 65.2 Å². The van der Waals surface area contributed by atoms with Crippen LogP contribution in [0, 0.1) is 16.7 Å². The third-order valence-electron chi connectivity index (χ3n) is 5.26. The first-order chi connectivity index (χ1) is 9.63.